The Balaban J connectivity index is 1.80. The van der Waals surface area contributed by atoms with Crippen LogP contribution < -0.4 is 16.2 Å². The van der Waals surface area contributed by atoms with E-state index in [4.69, 9.17) is 0 Å². The molecule has 0 spiro atoms. The number of para-hydroxylation sites is 1. The first kappa shape index (κ1) is 16.3. The minimum Gasteiger partial charge on any atom is -0.392 e. The highest BCUT2D eigenvalue weighted by Crippen LogP contribution is 2.31. The Kier molecular flexibility index (Phi) is 4.14. The number of H-pyrrole nitrogens is 1. The van der Waals surface area contributed by atoms with Crippen molar-refractivity contribution in [2.24, 2.45) is 5.92 Å². The number of aromatic amines is 1. The van der Waals surface area contributed by atoms with Crippen molar-refractivity contribution in [3.8, 4) is 0 Å². The third-order valence-corrected chi connectivity index (χ3v) is 4.39. The number of nitrogens with one attached hydrogen (secondary N) is 3. The zero-order valence-electron chi connectivity index (χ0n) is 14.0. The molecule has 7 heteroatoms. The Morgan fingerprint density at radius 2 is 2.04 bits per heavy atom. The molecule has 0 aliphatic heterocycles. The summed E-state index contributed by atoms with van der Waals surface area (Å²) in [5.41, 5.74) is 2.10. The molecule has 7 nitrogen and oxygen atoms in total. The van der Waals surface area contributed by atoms with Crippen molar-refractivity contribution in [1.82, 2.24) is 9.97 Å². The Labute approximate surface area is 149 Å². The SMILES string of the molecule is O=C(Nc1cc(Nc2ccccc2CO)c2c(=O)[nH]ccc2n1)C1CC1. The largest absolute Gasteiger partial charge is 0.392 e. The van der Waals surface area contributed by atoms with Crippen molar-refractivity contribution >= 4 is 34.0 Å². The monoisotopic (exact) mass is 350 g/mol. The normalized spacial score (nSPS) is 13.6. The van der Waals surface area contributed by atoms with Gasteiger partial charge in [-0.3, -0.25) is 9.59 Å². The van der Waals surface area contributed by atoms with Gasteiger partial charge in [0.1, 0.15) is 5.82 Å². The molecule has 3 aromatic rings. The zero-order valence-corrected chi connectivity index (χ0v) is 14.0. The Bertz CT molecular complexity index is 1040. The third kappa shape index (κ3) is 3.16. The summed E-state index contributed by atoms with van der Waals surface area (Å²) in [5.74, 6) is 0.394. The van der Waals surface area contributed by atoms with Crippen molar-refractivity contribution in [2.75, 3.05) is 10.6 Å². The van der Waals surface area contributed by atoms with E-state index in [9.17, 15) is 14.7 Å². The molecule has 0 radical (unpaired) electrons. The molecule has 1 amide bonds. The average molecular weight is 350 g/mol. The van der Waals surface area contributed by atoms with E-state index < -0.39 is 0 Å². The van der Waals surface area contributed by atoms with E-state index in [0.29, 0.717) is 33.7 Å². The van der Waals surface area contributed by atoms with Gasteiger partial charge in [-0.15, -0.1) is 0 Å². The van der Waals surface area contributed by atoms with Crippen LogP contribution in [-0.2, 0) is 11.4 Å². The molecule has 1 saturated carbocycles. The fourth-order valence-electron chi connectivity index (χ4n) is 2.85. The van der Waals surface area contributed by atoms with Crippen molar-refractivity contribution in [3.05, 3.63) is 58.5 Å². The lowest BCUT2D eigenvalue weighted by molar-refractivity contribution is -0.117. The molecule has 4 rings (SSSR count). The molecule has 0 atom stereocenters. The van der Waals surface area contributed by atoms with E-state index in [1.807, 2.05) is 18.2 Å². The Morgan fingerprint density at radius 1 is 1.23 bits per heavy atom. The molecule has 0 unspecified atom stereocenters. The summed E-state index contributed by atoms with van der Waals surface area (Å²) in [4.78, 5) is 31.4. The minimum atomic E-state index is -0.279. The maximum atomic E-state index is 12.3. The van der Waals surface area contributed by atoms with Gasteiger partial charge in [0, 0.05) is 29.4 Å². The first-order valence-electron chi connectivity index (χ1n) is 8.45. The molecule has 0 saturated heterocycles. The van der Waals surface area contributed by atoms with E-state index in [2.05, 4.69) is 20.6 Å². The number of carbonyl (C=O) groups is 1. The number of carbonyl (C=O) groups excluding carboxylic acids is 1. The number of aromatic nitrogens is 2. The number of amides is 1. The molecule has 1 aliphatic rings. The number of aliphatic hydroxyl groups excluding tert-OH is 1. The topological polar surface area (TPSA) is 107 Å². The Morgan fingerprint density at radius 3 is 2.81 bits per heavy atom. The second-order valence-corrected chi connectivity index (χ2v) is 6.33. The summed E-state index contributed by atoms with van der Waals surface area (Å²) in [6, 6.07) is 10.6. The van der Waals surface area contributed by atoms with Crippen LogP contribution in [0, 0.1) is 5.92 Å². The van der Waals surface area contributed by atoms with Crippen LogP contribution in [0.25, 0.3) is 10.9 Å². The average Bonchev–Trinajstić information content (AvgIpc) is 3.47. The maximum Gasteiger partial charge on any atom is 0.259 e. The summed E-state index contributed by atoms with van der Waals surface area (Å²) in [6.07, 6.45) is 3.32. The maximum absolute atomic E-state index is 12.3. The summed E-state index contributed by atoms with van der Waals surface area (Å²) >= 11 is 0. The lowest BCUT2D eigenvalue weighted by atomic mass is 10.1. The number of anilines is 3. The highest BCUT2D eigenvalue weighted by atomic mass is 16.3. The number of rotatable bonds is 5. The van der Waals surface area contributed by atoms with Crippen LogP contribution in [0.2, 0.25) is 0 Å². The van der Waals surface area contributed by atoms with Crippen molar-refractivity contribution in [3.63, 3.8) is 0 Å². The van der Waals surface area contributed by atoms with Crippen molar-refractivity contribution in [1.29, 1.82) is 0 Å². The van der Waals surface area contributed by atoms with Gasteiger partial charge in [-0.25, -0.2) is 4.98 Å². The second kappa shape index (κ2) is 6.61. The van der Waals surface area contributed by atoms with Gasteiger partial charge in [-0.2, -0.15) is 0 Å². The number of aliphatic hydroxyl groups is 1. The zero-order chi connectivity index (χ0) is 18.1. The lowest BCUT2D eigenvalue weighted by Gasteiger charge is -2.14. The van der Waals surface area contributed by atoms with Crippen LogP contribution in [0.3, 0.4) is 0 Å². The molecule has 2 heterocycles. The highest BCUT2D eigenvalue weighted by molar-refractivity contribution is 5.98. The molecule has 1 aliphatic carbocycles. The molecule has 26 heavy (non-hydrogen) atoms. The van der Waals surface area contributed by atoms with Crippen LogP contribution in [0.1, 0.15) is 18.4 Å². The van der Waals surface area contributed by atoms with Crippen LogP contribution in [0.15, 0.2) is 47.4 Å². The van der Waals surface area contributed by atoms with Gasteiger partial charge < -0.3 is 20.7 Å². The van der Waals surface area contributed by atoms with E-state index >= 15 is 0 Å². The summed E-state index contributed by atoms with van der Waals surface area (Å²) < 4.78 is 0. The van der Waals surface area contributed by atoms with Crippen molar-refractivity contribution in [2.45, 2.75) is 19.4 Å². The fourth-order valence-corrected chi connectivity index (χ4v) is 2.85. The van der Waals surface area contributed by atoms with E-state index in [1.54, 1.807) is 18.2 Å². The molecule has 4 N–H and O–H groups in total. The first-order valence-corrected chi connectivity index (χ1v) is 8.45. The molecule has 2 aromatic heterocycles. The number of pyridine rings is 2. The van der Waals surface area contributed by atoms with Gasteiger partial charge in [0.15, 0.2) is 0 Å². The third-order valence-electron chi connectivity index (χ3n) is 4.39. The molecular weight excluding hydrogens is 332 g/mol. The van der Waals surface area contributed by atoms with E-state index in [0.717, 1.165) is 12.8 Å². The number of nitrogens with zero attached hydrogens (tertiary/aromatic N) is 1. The summed E-state index contributed by atoms with van der Waals surface area (Å²) in [6.45, 7) is -0.131. The second-order valence-electron chi connectivity index (χ2n) is 6.33. The number of fused-ring (bicyclic) bond motifs is 1. The molecule has 1 fully saturated rings. The quantitative estimate of drug-likeness (QED) is 0.566. The van der Waals surface area contributed by atoms with Crippen molar-refractivity contribution < 1.29 is 9.90 Å². The molecule has 132 valence electrons. The standard InChI is InChI=1S/C19H18N4O3/c24-10-12-3-1-2-4-13(12)21-15-9-16(23-18(25)11-5-6-11)22-14-7-8-20-19(26)17(14)15/h1-4,7-9,11,24H,5-6,10H2,(H,20,26)(H2,21,22,23,25). The van der Waals surface area contributed by atoms with Crippen LogP contribution in [0.5, 0.6) is 0 Å². The Hall–Kier alpha value is -3.19. The van der Waals surface area contributed by atoms with Crippen LogP contribution in [0.4, 0.5) is 17.2 Å². The van der Waals surface area contributed by atoms with Gasteiger partial charge in [-0.1, -0.05) is 18.2 Å². The number of hydrogen-bond acceptors (Lipinski definition) is 5. The van der Waals surface area contributed by atoms with Gasteiger partial charge in [0.05, 0.1) is 23.2 Å². The van der Waals surface area contributed by atoms with Gasteiger partial charge >= 0.3 is 0 Å². The molecule has 1 aromatic carbocycles. The predicted molar refractivity (Wildman–Crippen MR) is 99.4 cm³/mol. The summed E-state index contributed by atoms with van der Waals surface area (Å²) in [5, 5.41) is 15.9. The molecule has 0 bridgehead atoms. The van der Waals surface area contributed by atoms with Gasteiger partial charge in [-0.05, 0) is 25.0 Å². The molecular formula is C19H18N4O3. The smallest absolute Gasteiger partial charge is 0.259 e. The van der Waals surface area contributed by atoms with Gasteiger partial charge in [0.2, 0.25) is 5.91 Å². The number of hydrogen-bond donors (Lipinski definition) is 4. The van der Waals surface area contributed by atoms with Gasteiger partial charge in [0.25, 0.3) is 5.56 Å². The van der Waals surface area contributed by atoms with Crippen LogP contribution in [-0.4, -0.2) is 21.0 Å². The van der Waals surface area contributed by atoms with E-state index in [-0.39, 0.29) is 24.0 Å². The number of benzene rings is 1. The predicted octanol–water partition coefficient (Wildman–Crippen LogP) is 2.51. The summed E-state index contributed by atoms with van der Waals surface area (Å²) in [7, 11) is 0. The minimum absolute atomic E-state index is 0.0524. The van der Waals surface area contributed by atoms with E-state index in [1.165, 1.54) is 6.20 Å². The fraction of sp³-hybridized carbons (Fsp3) is 0.211. The van der Waals surface area contributed by atoms with Crippen LogP contribution >= 0.6 is 0 Å². The highest BCUT2D eigenvalue weighted by Gasteiger charge is 2.30. The lowest BCUT2D eigenvalue weighted by Crippen LogP contribution is -2.16. The first-order chi connectivity index (χ1) is 12.7.